The van der Waals surface area contributed by atoms with E-state index in [0.717, 1.165) is 0 Å². The van der Waals surface area contributed by atoms with Crippen LogP contribution in [0.25, 0.3) is 0 Å². The molecule has 0 saturated heterocycles. The minimum atomic E-state index is -3.78. The molecule has 100 valence electrons. The van der Waals surface area contributed by atoms with Crippen LogP contribution in [0.5, 0.6) is 0 Å². The van der Waals surface area contributed by atoms with Crippen molar-refractivity contribution in [2.45, 2.75) is 4.90 Å². The third-order valence-electron chi connectivity index (χ3n) is 2.26. The normalized spacial score (nSPS) is 11.3. The summed E-state index contributed by atoms with van der Waals surface area (Å²) in [7, 11) is -3.78. The van der Waals surface area contributed by atoms with Crippen LogP contribution < -0.4 is 10.5 Å². The van der Waals surface area contributed by atoms with Crippen LogP contribution in [0.1, 0.15) is 0 Å². The summed E-state index contributed by atoms with van der Waals surface area (Å²) in [6, 6.07) is 7.58. The summed E-state index contributed by atoms with van der Waals surface area (Å²) >= 11 is 9.06. The van der Waals surface area contributed by atoms with Crippen molar-refractivity contribution in [2.24, 2.45) is 0 Å². The molecule has 1 aromatic heterocycles. The summed E-state index contributed by atoms with van der Waals surface area (Å²) in [5, 5.41) is 0.490. The number of nitrogens with one attached hydrogen (secondary N) is 1. The van der Waals surface area contributed by atoms with Gasteiger partial charge in [0, 0.05) is 10.7 Å². The quantitative estimate of drug-likeness (QED) is 0.879. The molecule has 0 amide bonds. The van der Waals surface area contributed by atoms with E-state index < -0.39 is 10.0 Å². The number of aromatic nitrogens is 1. The molecule has 8 heteroatoms. The summed E-state index contributed by atoms with van der Waals surface area (Å²) in [5.74, 6) is -0.0528. The van der Waals surface area contributed by atoms with Crippen molar-refractivity contribution in [1.82, 2.24) is 4.98 Å². The summed E-state index contributed by atoms with van der Waals surface area (Å²) in [5.41, 5.74) is 5.93. The van der Waals surface area contributed by atoms with Crippen molar-refractivity contribution in [3.05, 3.63) is 46.0 Å². The largest absolute Gasteiger partial charge is 0.383 e. The van der Waals surface area contributed by atoms with Gasteiger partial charge in [0.15, 0.2) is 0 Å². The molecule has 0 radical (unpaired) electrons. The molecule has 3 N–H and O–H groups in total. The number of anilines is 2. The fraction of sp³-hybridized carbons (Fsp3) is 0. The first-order chi connectivity index (χ1) is 8.90. The molecule has 0 saturated carbocycles. The number of pyridine rings is 1. The maximum Gasteiger partial charge on any atom is 0.265 e. The molecule has 0 aliphatic rings. The maximum atomic E-state index is 12.1. The third kappa shape index (κ3) is 3.17. The molecule has 0 aliphatic carbocycles. The highest BCUT2D eigenvalue weighted by atomic mass is 79.9. The van der Waals surface area contributed by atoms with Crippen LogP contribution in [0.3, 0.4) is 0 Å². The molecule has 1 heterocycles. The topological polar surface area (TPSA) is 85.1 Å². The lowest BCUT2D eigenvalue weighted by molar-refractivity contribution is 0.601. The van der Waals surface area contributed by atoms with E-state index in [1.54, 1.807) is 18.2 Å². The van der Waals surface area contributed by atoms with E-state index in [1.165, 1.54) is 18.3 Å². The van der Waals surface area contributed by atoms with Crippen LogP contribution in [0.4, 0.5) is 11.5 Å². The molecule has 0 bridgehead atoms. The molecule has 1 aromatic carbocycles. The highest BCUT2D eigenvalue weighted by molar-refractivity contribution is 9.10. The molecule has 19 heavy (non-hydrogen) atoms. The first-order valence-electron chi connectivity index (χ1n) is 5.08. The van der Waals surface area contributed by atoms with Gasteiger partial charge in [-0.15, -0.1) is 0 Å². The van der Waals surface area contributed by atoms with Gasteiger partial charge in [0.1, 0.15) is 10.7 Å². The number of nitrogen functional groups attached to an aromatic ring is 1. The lowest BCUT2D eigenvalue weighted by atomic mass is 10.3. The van der Waals surface area contributed by atoms with E-state index in [1.807, 2.05) is 0 Å². The van der Waals surface area contributed by atoms with E-state index >= 15 is 0 Å². The average Bonchev–Trinajstić information content (AvgIpc) is 2.34. The Labute approximate surface area is 124 Å². The number of sulfonamides is 1. The van der Waals surface area contributed by atoms with Gasteiger partial charge in [-0.2, -0.15) is 0 Å². The molecule has 5 nitrogen and oxygen atoms in total. The summed E-state index contributed by atoms with van der Waals surface area (Å²) in [4.78, 5) is 3.68. The van der Waals surface area contributed by atoms with E-state index in [0.29, 0.717) is 15.2 Å². The van der Waals surface area contributed by atoms with Gasteiger partial charge >= 0.3 is 0 Å². The van der Waals surface area contributed by atoms with Crippen molar-refractivity contribution < 1.29 is 8.42 Å². The van der Waals surface area contributed by atoms with Crippen molar-refractivity contribution in [2.75, 3.05) is 10.5 Å². The summed E-state index contributed by atoms with van der Waals surface area (Å²) < 4.78 is 27.3. The fourth-order valence-corrected chi connectivity index (χ4v) is 3.03. The molecule has 0 atom stereocenters. The smallest absolute Gasteiger partial charge is 0.265 e. The number of nitrogens with zero attached hydrogens (tertiary/aromatic N) is 1. The fourth-order valence-electron chi connectivity index (χ4n) is 1.40. The summed E-state index contributed by atoms with van der Waals surface area (Å²) in [6.45, 7) is 0. The standard InChI is InChI=1S/C11H9BrClN3O2S/c12-8-6-7(3-4-9(8)13)16-19(17,18)10-2-1-5-15-11(10)14/h1-6,16H,(H2,14,15). The van der Waals surface area contributed by atoms with Gasteiger partial charge in [0.25, 0.3) is 10.0 Å². The highest BCUT2D eigenvalue weighted by Gasteiger charge is 2.18. The second kappa shape index (κ2) is 5.36. The number of hydrogen-bond acceptors (Lipinski definition) is 4. The first kappa shape index (κ1) is 14.1. The van der Waals surface area contributed by atoms with Crippen LogP contribution in [-0.2, 0) is 10.0 Å². The van der Waals surface area contributed by atoms with Crippen LogP contribution in [0, 0.1) is 0 Å². The second-order valence-corrected chi connectivity index (χ2v) is 6.53. The number of rotatable bonds is 3. The van der Waals surface area contributed by atoms with Crippen molar-refractivity contribution in [3.63, 3.8) is 0 Å². The van der Waals surface area contributed by atoms with Gasteiger partial charge in [-0.3, -0.25) is 4.72 Å². The first-order valence-corrected chi connectivity index (χ1v) is 7.74. The zero-order valence-corrected chi connectivity index (χ0v) is 12.6. The Morgan fingerprint density at radius 1 is 1.32 bits per heavy atom. The molecule has 2 aromatic rings. The Hall–Kier alpha value is -1.31. The molecular formula is C11H9BrClN3O2S. The Morgan fingerprint density at radius 2 is 2.05 bits per heavy atom. The van der Waals surface area contributed by atoms with Gasteiger partial charge < -0.3 is 5.73 Å². The molecule has 2 rings (SSSR count). The predicted molar refractivity (Wildman–Crippen MR) is 78.6 cm³/mol. The SMILES string of the molecule is Nc1ncccc1S(=O)(=O)Nc1ccc(Cl)c(Br)c1. The van der Waals surface area contributed by atoms with Crippen LogP contribution in [0.2, 0.25) is 5.02 Å². The number of hydrogen-bond donors (Lipinski definition) is 2. The molecule has 0 spiro atoms. The van der Waals surface area contributed by atoms with Crippen LogP contribution in [0.15, 0.2) is 45.9 Å². The number of halogens is 2. The summed E-state index contributed by atoms with van der Waals surface area (Å²) in [6.07, 6.45) is 1.42. The maximum absolute atomic E-state index is 12.1. The van der Waals surface area contributed by atoms with E-state index in [-0.39, 0.29) is 10.7 Å². The van der Waals surface area contributed by atoms with Gasteiger partial charge in [-0.1, -0.05) is 11.6 Å². The highest BCUT2D eigenvalue weighted by Crippen LogP contribution is 2.27. The third-order valence-corrected chi connectivity index (χ3v) is 4.90. The molecule has 0 aliphatic heterocycles. The van der Waals surface area contributed by atoms with Gasteiger partial charge in [-0.25, -0.2) is 13.4 Å². The predicted octanol–water partition coefficient (Wildman–Crippen LogP) is 2.88. The molecule has 0 unspecified atom stereocenters. The monoisotopic (exact) mass is 361 g/mol. The zero-order valence-electron chi connectivity index (χ0n) is 9.47. The van der Waals surface area contributed by atoms with E-state index in [4.69, 9.17) is 17.3 Å². The zero-order chi connectivity index (χ0) is 14.0. The molecular weight excluding hydrogens is 354 g/mol. The Bertz CT molecular complexity index is 722. The van der Waals surface area contributed by atoms with Crippen LogP contribution in [-0.4, -0.2) is 13.4 Å². The van der Waals surface area contributed by atoms with Gasteiger partial charge in [-0.05, 0) is 46.3 Å². The Balaban J connectivity index is 2.37. The van der Waals surface area contributed by atoms with Crippen LogP contribution >= 0.6 is 27.5 Å². The second-order valence-electron chi connectivity index (χ2n) is 3.62. The lowest BCUT2D eigenvalue weighted by Gasteiger charge is -2.10. The minimum Gasteiger partial charge on any atom is -0.383 e. The average molecular weight is 363 g/mol. The Kier molecular flexibility index (Phi) is 3.98. The van der Waals surface area contributed by atoms with Gasteiger partial charge in [0.2, 0.25) is 0 Å². The minimum absolute atomic E-state index is 0.0528. The Morgan fingerprint density at radius 3 is 2.68 bits per heavy atom. The van der Waals surface area contributed by atoms with Crippen molar-refractivity contribution in [3.8, 4) is 0 Å². The number of nitrogens with two attached hydrogens (primary N) is 1. The lowest BCUT2D eigenvalue weighted by Crippen LogP contribution is -2.15. The molecule has 0 fully saturated rings. The van der Waals surface area contributed by atoms with Crippen molar-refractivity contribution >= 4 is 49.1 Å². The van der Waals surface area contributed by atoms with E-state index in [9.17, 15) is 8.42 Å². The van der Waals surface area contributed by atoms with Gasteiger partial charge in [0.05, 0.1) is 10.7 Å². The number of benzene rings is 1. The van der Waals surface area contributed by atoms with Crippen molar-refractivity contribution in [1.29, 1.82) is 0 Å². The van der Waals surface area contributed by atoms with E-state index in [2.05, 4.69) is 25.6 Å².